The van der Waals surface area contributed by atoms with Gasteiger partial charge in [0.05, 0.1) is 24.3 Å². The summed E-state index contributed by atoms with van der Waals surface area (Å²) in [5, 5.41) is 4.35. The van der Waals surface area contributed by atoms with Crippen molar-refractivity contribution in [1.29, 1.82) is 0 Å². The Morgan fingerprint density at radius 1 is 1.39 bits per heavy atom. The zero-order chi connectivity index (χ0) is 15.8. The number of imidazole rings is 1. The lowest BCUT2D eigenvalue weighted by atomic mass is 10.2. The molecule has 118 valence electrons. The largest absolute Gasteiger partial charge is 0.334 e. The van der Waals surface area contributed by atoms with Gasteiger partial charge < -0.3 is 9.30 Å². The number of carbonyl (C=O) groups excluding carboxylic acids is 1. The number of carbonyl (C=O) groups is 1. The number of rotatable bonds is 3. The van der Waals surface area contributed by atoms with Gasteiger partial charge in [-0.3, -0.25) is 9.48 Å². The van der Waals surface area contributed by atoms with Crippen LogP contribution in [0.4, 0.5) is 0 Å². The summed E-state index contributed by atoms with van der Waals surface area (Å²) in [7, 11) is 0. The molecule has 0 N–H and O–H groups in total. The van der Waals surface area contributed by atoms with Crippen LogP contribution in [0.5, 0.6) is 0 Å². The third-order valence-electron chi connectivity index (χ3n) is 4.45. The van der Waals surface area contributed by atoms with Gasteiger partial charge in [-0.1, -0.05) is 0 Å². The first-order chi connectivity index (χ1) is 11.2. The Morgan fingerprint density at radius 3 is 3.13 bits per heavy atom. The van der Waals surface area contributed by atoms with E-state index >= 15 is 0 Å². The van der Waals surface area contributed by atoms with Crippen molar-refractivity contribution in [3.63, 3.8) is 0 Å². The van der Waals surface area contributed by atoms with E-state index in [1.807, 2.05) is 57.8 Å². The molecule has 1 aliphatic heterocycles. The number of aromatic nitrogens is 4. The van der Waals surface area contributed by atoms with E-state index in [1.54, 1.807) is 6.20 Å². The second-order valence-corrected chi connectivity index (χ2v) is 6.11. The number of aryl methyl sites for hydroxylation is 1. The smallest absolute Gasteiger partial charge is 0.257 e. The Bertz CT molecular complexity index is 849. The number of amides is 1. The molecule has 0 aliphatic carbocycles. The average molecular weight is 309 g/mol. The second-order valence-electron chi connectivity index (χ2n) is 6.11. The molecule has 6 nitrogen and oxygen atoms in total. The summed E-state index contributed by atoms with van der Waals surface area (Å²) in [6.45, 7) is 3.57. The van der Waals surface area contributed by atoms with Crippen LogP contribution < -0.4 is 0 Å². The maximum absolute atomic E-state index is 13.0. The van der Waals surface area contributed by atoms with Gasteiger partial charge in [0.15, 0.2) is 0 Å². The molecule has 1 aliphatic rings. The molecule has 3 aromatic heterocycles. The van der Waals surface area contributed by atoms with E-state index in [0.717, 1.165) is 37.1 Å². The van der Waals surface area contributed by atoms with Crippen molar-refractivity contribution in [2.24, 2.45) is 0 Å². The van der Waals surface area contributed by atoms with Crippen molar-refractivity contribution in [2.45, 2.75) is 32.4 Å². The lowest BCUT2D eigenvalue weighted by Gasteiger charge is -2.25. The fourth-order valence-electron chi connectivity index (χ4n) is 3.35. The summed E-state index contributed by atoms with van der Waals surface area (Å²) >= 11 is 0. The van der Waals surface area contributed by atoms with E-state index < -0.39 is 0 Å². The third kappa shape index (κ3) is 2.50. The summed E-state index contributed by atoms with van der Waals surface area (Å²) in [6.07, 6.45) is 11.4. The van der Waals surface area contributed by atoms with Crippen LogP contribution in [0.3, 0.4) is 0 Å². The summed E-state index contributed by atoms with van der Waals surface area (Å²) < 4.78 is 3.82. The van der Waals surface area contributed by atoms with Gasteiger partial charge in [-0.15, -0.1) is 0 Å². The van der Waals surface area contributed by atoms with Crippen LogP contribution in [0.15, 0.2) is 43.1 Å². The molecule has 1 fully saturated rings. The van der Waals surface area contributed by atoms with Crippen molar-refractivity contribution in [3.05, 3.63) is 54.2 Å². The highest BCUT2D eigenvalue weighted by Crippen LogP contribution is 2.23. The fourth-order valence-corrected chi connectivity index (χ4v) is 3.35. The molecule has 4 rings (SSSR count). The zero-order valence-corrected chi connectivity index (χ0v) is 13.1. The molecule has 0 aromatic carbocycles. The van der Waals surface area contributed by atoms with E-state index in [2.05, 4.69) is 10.1 Å². The minimum atomic E-state index is 0.0631. The molecule has 6 heteroatoms. The molecule has 0 unspecified atom stereocenters. The molecule has 1 saturated heterocycles. The van der Waals surface area contributed by atoms with Crippen molar-refractivity contribution in [1.82, 2.24) is 24.1 Å². The van der Waals surface area contributed by atoms with Crippen molar-refractivity contribution in [3.8, 4) is 0 Å². The van der Waals surface area contributed by atoms with Gasteiger partial charge >= 0.3 is 0 Å². The predicted octanol–water partition coefficient (Wildman–Crippen LogP) is 2.14. The van der Waals surface area contributed by atoms with E-state index in [-0.39, 0.29) is 11.9 Å². The lowest BCUT2D eigenvalue weighted by Crippen LogP contribution is -2.38. The molecular weight excluding hydrogens is 290 g/mol. The van der Waals surface area contributed by atoms with Gasteiger partial charge in [0.2, 0.25) is 0 Å². The van der Waals surface area contributed by atoms with Crippen LogP contribution in [0.25, 0.3) is 5.65 Å². The first-order valence-electron chi connectivity index (χ1n) is 7.94. The van der Waals surface area contributed by atoms with Crippen molar-refractivity contribution >= 4 is 11.6 Å². The van der Waals surface area contributed by atoms with Crippen LogP contribution in [-0.2, 0) is 6.54 Å². The molecular formula is C17H19N5O. The topological polar surface area (TPSA) is 55.4 Å². The number of hydrogen-bond acceptors (Lipinski definition) is 3. The first-order valence-corrected chi connectivity index (χ1v) is 7.94. The van der Waals surface area contributed by atoms with Gasteiger partial charge in [-0.2, -0.15) is 5.10 Å². The Hall–Kier alpha value is -2.63. The fraction of sp³-hybridized carbons (Fsp3) is 0.353. The third-order valence-corrected chi connectivity index (χ3v) is 4.45. The van der Waals surface area contributed by atoms with E-state index in [0.29, 0.717) is 5.56 Å². The quantitative estimate of drug-likeness (QED) is 0.745. The van der Waals surface area contributed by atoms with Gasteiger partial charge in [-0.05, 0) is 37.5 Å². The number of pyridine rings is 1. The normalized spacial score (nSPS) is 18.0. The van der Waals surface area contributed by atoms with E-state index in [9.17, 15) is 4.79 Å². The Morgan fingerprint density at radius 2 is 2.30 bits per heavy atom. The maximum Gasteiger partial charge on any atom is 0.257 e. The van der Waals surface area contributed by atoms with Gasteiger partial charge in [0.25, 0.3) is 5.91 Å². The predicted molar refractivity (Wildman–Crippen MR) is 86.2 cm³/mol. The highest BCUT2D eigenvalue weighted by atomic mass is 16.2. The molecule has 1 atom stereocenters. The highest BCUT2D eigenvalue weighted by molar-refractivity contribution is 6.00. The van der Waals surface area contributed by atoms with Crippen LogP contribution in [-0.4, -0.2) is 42.6 Å². The molecule has 1 amide bonds. The summed E-state index contributed by atoms with van der Waals surface area (Å²) in [6, 6.07) is 3.94. The Kier molecular flexibility index (Phi) is 3.37. The van der Waals surface area contributed by atoms with Crippen LogP contribution >= 0.6 is 0 Å². The van der Waals surface area contributed by atoms with Crippen molar-refractivity contribution < 1.29 is 4.79 Å². The van der Waals surface area contributed by atoms with E-state index in [1.165, 1.54) is 0 Å². The molecule has 23 heavy (non-hydrogen) atoms. The highest BCUT2D eigenvalue weighted by Gasteiger charge is 2.31. The zero-order valence-electron chi connectivity index (χ0n) is 13.1. The van der Waals surface area contributed by atoms with Gasteiger partial charge in [0, 0.05) is 31.3 Å². The van der Waals surface area contributed by atoms with Crippen LogP contribution in [0.2, 0.25) is 0 Å². The summed E-state index contributed by atoms with van der Waals surface area (Å²) in [4.78, 5) is 19.3. The van der Waals surface area contributed by atoms with Gasteiger partial charge in [0.1, 0.15) is 5.65 Å². The molecule has 0 spiro atoms. The first kappa shape index (κ1) is 14.0. The molecule has 0 radical (unpaired) electrons. The standard InChI is InChI=1S/C17H19N5O/c1-13-10-19-21(11-13)12-14-4-2-8-22(14)17(23)15-5-3-7-20-9-6-18-16(15)20/h3,5-7,9-11,14H,2,4,8,12H2,1H3/t14-/m0/s1. The number of likely N-dealkylation sites (tertiary alicyclic amines) is 1. The number of nitrogens with zero attached hydrogens (tertiary/aromatic N) is 5. The maximum atomic E-state index is 13.0. The molecule has 3 aromatic rings. The van der Waals surface area contributed by atoms with E-state index in [4.69, 9.17) is 0 Å². The number of fused-ring (bicyclic) bond motifs is 1. The minimum Gasteiger partial charge on any atom is -0.334 e. The second kappa shape index (κ2) is 5.53. The summed E-state index contributed by atoms with van der Waals surface area (Å²) in [5.41, 5.74) is 2.53. The molecule has 0 bridgehead atoms. The monoisotopic (exact) mass is 309 g/mol. The lowest BCUT2D eigenvalue weighted by molar-refractivity contribution is 0.0723. The van der Waals surface area contributed by atoms with Gasteiger partial charge in [-0.25, -0.2) is 4.98 Å². The van der Waals surface area contributed by atoms with Crippen LogP contribution in [0.1, 0.15) is 28.8 Å². The molecule has 0 saturated carbocycles. The van der Waals surface area contributed by atoms with Crippen molar-refractivity contribution in [2.75, 3.05) is 6.54 Å². The van der Waals surface area contributed by atoms with Crippen LogP contribution in [0, 0.1) is 6.92 Å². The summed E-state index contributed by atoms with van der Waals surface area (Å²) in [5.74, 6) is 0.0631. The number of hydrogen-bond donors (Lipinski definition) is 0. The Labute approximate surface area is 134 Å². The SMILES string of the molecule is Cc1cnn(C[C@@H]2CCCN2C(=O)c2cccn3ccnc23)c1. The minimum absolute atomic E-state index is 0.0631. The average Bonchev–Trinajstić information content (AvgIpc) is 3.27. The Balaban J connectivity index is 1.60. The molecule has 4 heterocycles.